The Kier molecular flexibility index (Phi) is 7.42. The van der Waals surface area contributed by atoms with E-state index in [0.29, 0.717) is 18.4 Å². The van der Waals surface area contributed by atoms with Gasteiger partial charge in [0.05, 0.1) is 17.4 Å². The van der Waals surface area contributed by atoms with Crippen LogP contribution in [-0.2, 0) is 6.54 Å². The first-order valence-electron chi connectivity index (χ1n) is 14.5. The fourth-order valence-electron chi connectivity index (χ4n) is 5.39. The minimum atomic E-state index is -0.176. The lowest BCUT2D eigenvalue weighted by atomic mass is 10.0. The van der Waals surface area contributed by atoms with Gasteiger partial charge < -0.3 is 31.2 Å². The maximum absolute atomic E-state index is 12.3. The molecule has 2 aromatic carbocycles. The molecule has 1 aliphatic rings. The number of nitrogens with one attached hydrogen (secondary N) is 3. The molecule has 0 aliphatic carbocycles. The molecule has 5 aromatic rings. The number of amides is 2. The van der Waals surface area contributed by atoms with Crippen molar-refractivity contribution in [1.82, 2.24) is 29.5 Å². The summed E-state index contributed by atoms with van der Waals surface area (Å²) in [6, 6.07) is 16.3. The Morgan fingerprint density at radius 1 is 1.12 bits per heavy atom. The van der Waals surface area contributed by atoms with Crippen molar-refractivity contribution < 1.29 is 4.79 Å². The van der Waals surface area contributed by atoms with Crippen molar-refractivity contribution in [2.24, 2.45) is 5.73 Å². The lowest BCUT2D eigenvalue weighted by molar-refractivity contribution is 0.230. The highest BCUT2D eigenvalue weighted by Crippen LogP contribution is 2.31. The van der Waals surface area contributed by atoms with Crippen LogP contribution in [0.5, 0.6) is 0 Å². The van der Waals surface area contributed by atoms with Crippen LogP contribution in [0.2, 0.25) is 0 Å². The highest BCUT2D eigenvalue weighted by molar-refractivity contribution is 6.01. The normalized spacial score (nSPS) is 14.2. The number of piperidine rings is 1. The topological polar surface area (TPSA) is 132 Å². The number of anilines is 3. The van der Waals surface area contributed by atoms with Gasteiger partial charge in [0.15, 0.2) is 5.65 Å². The van der Waals surface area contributed by atoms with Crippen LogP contribution in [0.3, 0.4) is 0 Å². The molecule has 3 aromatic heterocycles. The van der Waals surface area contributed by atoms with Crippen molar-refractivity contribution in [3.63, 3.8) is 0 Å². The predicted molar refractivity (Wildman–Crippen MR) is 168 cm³/mol. The van der Waals surface area contributed by atoms with Gasteiger partial charge in [-0.05, 0) is 36.5 Å². The van der Waals surface area contributed by atoms with E-state index in [9.17, 15) is 4.79 Å². The Morgan fingerprint density at radius 2 is 1.90 bits per heavy atom. The number of carbonyl (C=O) groups is 1. The molecule has 1 saturated heterocycles. The third-order valence-electron chi connectivity index (χ3n) is 7.88. The van der Waals surface area contributed by atoms with Gasteiger partial charge in [-0.15, -0.1) is 0 Å². The largest absolute Gasteiger partial charge is 0.353 e. The van der Waals surface area contributed by atoms with Crippen molar-refractivity contribution in [3.05, 3.63) is 65.9 Å². The van der Waals surface area contributed by atoms with Gasteiger partial charge in [-0.3, -0.25) is 0 Å². The zero-order valence-electron chi connectivity index (χ0n) is 24.6. The number of urea groups is 1. The highest BCUT2D eigenvalue weighted by atomic mass is 16.2. The van der Waals surface area contributed by atoms with Crippen molar-refractivity contribution in [2.75, 3.05) is 42.7 Å². The second-order valence-corrected chi connectivity index (χ2v) is 11.4. The fraction of sp³-hybridized carbons (Fsp3) is 0.355. The number of fused-ring (bicyclic) bond motifs is 2. The lowest BCUT2D eigenvalue weighted by Crippen LogP contribution is -2.40. The summed E-state index contributed by atoms with van der Waals surface area (Å²) in [4.78, 5) is 29.5. The molecule has 11 nitrogen and oxygen atoms in total. The number of carbonyl (C=O) groups excluding carboxylic acids is 1. The lowest BCUT2D eigenvalue weighted by Gasteiger charge is -2.30. The average Bonchev–Trinajstić information content (AvgIpc) is 3.62. The smallest absolute Gasteiger partial charge is 0.321 e. The Hall–Kier alpha value is -4.64. The molecule has 11 heteroatoms. The number of H-pyrrole nitrogens is 1. The number of aromatic nitrogens is 5. The summed E-state index contributed by atoms with van der Waals surface area (Å²) in [5.41, 5.74) is 12.8. The van der Waals surface area contributed by atoms with Crippen LogP contribution in [0.25, 0.3) is 27.8 Å². The zero-order valence-corrected chi connectivity index (χ0v) is 24.6. The van der Waals surface area contributed by atoms with Gasteiger partial charge in [-0.1, -0.05) is 50.2 Å². The van der Waals surface area contributed by atoms with Crippen LogP contribution in [0.4, 0.5) is 22.4 Å². The molecular formula is C31H38N10O. The summed E-state index contributed by atoms with van der Waals surface area (Å²) in [5.74, 6) is 1.63. The van der Waals surface area contributed by atoms with E-state index in [1.807, 2.05) is 36.5 Å². The maximum Gasteiger partial charge on any atom is 0.321 e. The molecule has 0 saturated carbocycles. The molecule has 4 heterocycles. The Morgan fingerprint density at radius 3 is 2.67 bits per heavy atom. The molecule has 0 unspecified atom stereocenters. The average molecular weight is 567 g/mol. The van der Waals surface area contributed by atoms with Crippen molar-refractivity contribution in [2.45, 2.75) is 45.2 Å². The molecule has 0 atom stereocenters. The van der Waals surface area contributed by atoms with Gasteiger partial charge in [0.1, 0.15) is 0 Å². The Balaban J connectivity index is 1.32. The van der Waals surface area contributed by atoms with Crippen molar-refractivity contribution in [1.29, 1.82) is 0 Å². The van der Waals surface area contributed by atoms with Crippen LogP contribution in [0.15, 0.2) is 54.7 Å². The van der Waals surface area contributed by atoms with E-state index < -0.39 is 0 Å². The minimum Gasteiger partial charge on any atom is -0.353 e. The van der Waals surface area contributed by atoms with Crippen LogP contribution in [0, 0.1) is 0 Å². The third kappa shape index (κ3) is 5.35. The first-order chi connectivity index (χ1) is 20.3. The molecule has 0 spiro atoms. The van der Waals surface area contributed by atoms with E-state index in [2.05, 4.69) is 57.7 Å². The van der Waals surface area contributed by atoms with E-state index in [1.54, 1.807) is 18.6 Å². The quantitative estimate of drug-likeness (QED) is 0.217. The van der Waals surface area contributed by atoms with Gasteiger partial charge in [0.2, 0.25) is 11.9 Å². The first-order valence-corrected chi connectivity index (χ1v) is 14.5. The fourth-order valence-corrected chi connectivity index (χ4v) is 5.39. The van der Waals surface area contributed by atoms with Gasteiger partial charge in [0.25, 0.3) is 0 Å². The molecule has 0 radical (unpaired) electrons. The van der Waals surface area contributed by atoms with Crippen LogP contribution >= 0.6 is 0 Å². The Labute approximate surface area is 245 Å². The van der Waals surface area contributed by atoms with Crippen LogP contribution in [0.1, 0.15) is 43.7 Å². The Bertz CT molecular complexity index is 1730. The van der Waals surface area contributed by atoms with Gasteiger partial charge in [0, 0.05) is 62.0 Å². The number of rotatable bonds is 7. The van der Waals surface area contributed by atoms with E-state index in [-0.39, 0.29) is 18.0 Å². The summed E-state index contributed by atoms with van der Waals surface area (Å²) in [6.45, 7) is 6.51. The van der Waals surface area contributed by atoms with Crippen molar-refractivity contribution in [3.8, 4) is 11.3 Å². The second-order valence-electron chi connectivity index (χ2n) is 11.4. The molecule has 6 rings (SSSR count). The van der Waals surface area contributed by atoms with E-state index in [1.165, 1.54) is 4.90 Å². The number of nitrogens with two attached hydrogens (primary N) is 1. The summed E-state index contributed by atoms with van der Waals surface area (Å²) in [5, 5.41) is 12.2. The minimum absolute atomic E-state index is 0.176. The van der Waals surface area contributed by atoms with Gasteiger partial charge >= 0.3 is 6.03 Å². The number of benzene rings is 2. The molecule has 1 aliphatic heterocycles. The molecule has 218 valence electrons. The monoisotopic (exact) mass is 566 g/mol. The summed E-state index contributed by atoms with van der Waals surface area (Å²) in [7, 11) is 3.45. The van der Waals surface area contributed by atoms with Gasteiger partial charge in [-0.2, -0.15) is 19.6 Å². The van der Waals surface area contributed by atoms with Crippen LogP contribution < -0.4 is 21.3 Å². The summed E-state index contributed by atoms with van der Waals surface area (Å²) >= 11 is 0. The summed E-state index contributed by atoms with van der Waals surface area (Å²) in [6.07, 6.45) is 3.74. The first kappa shape index (κ1) is 27.5. The predicted octanol–water partition coefficient (Wildman–Crippen LogP) is 5.03. The molecule has 2 amide bonds. The number of para-hydroxylation sites is 1. The SMILES string of the molecule is CC(C)c1cnn2c(NCc3ccccc3-c3cc4cccc(NC(=O)N(C)C)c4[nH]3)nc(N3CCC(N)CC3)nc12. The number of aromatic amines is 1. The van der Waals surface area contributed by atoms with Gasteiger partial charge in [-0.25, -0.2) is 4.79 Å². The van der Waals surface area contributed by atoms with E-state index in [0.717, 1.165) is 70.6 Å². The van der Waals surface area contributed by atoms with E-state index in [4.69, 9.17) is 15.7 Å². The maximum atomic E-state index is 12.3. The molecule has 0 bridgehead atoms. The number of hydrogen-bond acceptors (Lipinski definition) is 7. The molecule has 1 fully saturated rings. The molecule has 5 N–H and O–H groups in total. The third-order valence-corrected chi connectivity index (χ3v) is 7.88. The number of nitrogens with zero attached hydrogens (tertiary/aromatic N) is 6. The standard InChI is InChI=1S/C31H38N10O/c1-19(2)24-18-34-41-28(24)37-30(40-14-12-22(32)13-15-40)38-29(41)33-17-21-8-5-6-10-23(21)26-16-20-9-7-11-25(27(20)35-26)36-31(42)39(3)4/h5-11,16,18-19,22,35H,12-15,17,32H2,1-4H3,(H,36,42)(H,33,37,38). The second kappa shape index (κ2) is 11.3. The highest BCUT2D eigenvalue weighted by Gasteiger charge is 2.22. The summed E-state index contributed by atoms with van der Waals surface area (Å²) < 4.78 is 1.81. The van der Waals surface area contributed by atoms with Crippen LogP contribution in [-0.4, -0.2) is 68.7 Å². The van der Waals surface area contributed by atoms with Crippen molar-refractivity contribution >= 4 is 40.2 Å². The zero-order chi connectivity index (χ0) is 29.4. The molecular weight excluding hydrogens is 528 g/mol. The number of hydrogen-bond donors (Lipinski definition) is 4. The molecule has 42 heavy (non-hydrogen) atoms. The van der Waals surface area contributed by atoms with E-state index >= 15 is 0 Å².